The summed E-state index contributed by atoms with van der Waals surface area (Å²) in [6, 6.07) is 16.8. The highest BCUT2D eigenvalue weighted by molar-refractivity contribution is 5.55. The molecule has 34 heavy (non-hydrogen) atoms. The van der Waals surface area contributed by atoms with Gasteiger partial charge in [-0.2, -0.15) is 0 Å². The van der Waals surface area contributed by atoms with Crippen molar-refractivity contribution in [3.05, 3.63) is 70.8 Å². The van der Waals surface area contributed by atoms with Crippen molar-refractivity contribution in [2.75, 3.05) is 42.7 Å². The molecule has 0 radical (unpaired) electrons. The summed E-state index contributed by atoms with van der Waals surface area (Å²) in [4.78, 5) is 0. The molecule has 0 aliphatic rings. The van der Waals surface area contributed by atoms with Gasteiger partial charge in [0.05, 0.1) is 42.7 Å². The first-order valence-corrected chi connectivity index (χ1v) is 11.2. The van der Waals surface area contributed by atoms with Gasteiger partial charge >= 0.3 is 0 Å². The smallest absolute Gasteiger partial charge is 0.203 e. The third kappa shape index (κ3) is 5.87. The maximum Gasteiger partial charge on any atom is 0.203 e. The molecule has 0 saturated carbocycles. The summed E-state index contributed by atoms with van der Waals surface area (Å²) in [6.07, 6.45) is 3.56. The summed E-state index contributed by atoms with van der Waals surface area (Å²) in [5.41, 5.74) is 4.85. The van der Waals surface area contributed by atoms with Crippen molar-refractivity contribution >= 4 is 0 Å². The van der Waals surface area contributed by atoms with E-state index in [1.54, 1.807) is 42.7 Å². The average Bonchev–Trinajstić information content (AvgIpc) is 2.89. The Hall–Kier alpha value is -3.54. The molecule has 0 atom stereocenters. The number of methoxy groups -OCH3 is 6. The van der Waals surface area contributed by atoms with E-state index in [0.717, 1.165) is 36.8 Å². The molecule has 0 amide bonds. The molecule has 0 bridgehead atoms. The van der Waals surface area contributed by atoms with E-state index in [-0.39, 0.29) is 0 Å². The van der Waals surface area contributed by atoms with Gasteiger partial charge in [0.15, 0.2) is 23.0 Å². The van der Waals surface area contributed by atoms with Gasteiger partial charge in [0.25, 0.3) is 0 Å². The molecule has 3 aromatic carbocycles. The normalized spacial score (nSPS) is 10.5. The van der Waals surface area contributed by atoms with Crippen LogP contribution in [0.25, 0.3) is 0 Å². The number of benzene rings is 3. The topological polar surface area (TPSA) is 55.4 Å². The summed E-state index contributed by atoms with van der Waals surface area (Å²) in [7, 11) is 9.78. The maximum atomic E-state index is 5.48. The zero-order chi connectivity index (χ0) is 24.5. The van der Waals surface area contributed by atoms with Crippen molar-refractivity contribution in [3.63, 3.8) is 0 Å². The quantitative estimate of drug-likeness (QED) is 0.361. The van der Waals surface area contributed by atoms with Crippen LogP contribution in [-0.4, -0.2) is 42.7 Å². The van der Waals surface area contributed by atoms with Gasteiger partial charge in [0.1, 0.15) is 0 Å². The third-order valence-corrected chi connectivity index (χ3v) is 5.85. The summed E-state index contributed by atoms with van der Waals surface area (Å²) in [6.45, 7) is 0. The van der Waals surface area contributed by atoms with Crippen molar-refractivity contribution in [1.82, 2.24) is 0 Å². The Morgan fingerprint density at radius 3 is 1.03 bits per heavy atom. The van der Waals surface area contributed by atoms with E-state index in [0.29, 0.717) is 34.5 Å². The Bertz CT molecular complexity index is 959. The largest absolute Gasteiger partial charge is 0.493 e. The molecule has 0 spiro atoms. The van der Waals surface area contributed by atoms with Gasteiger partial charge in [-0.1, -0.05) is 24.3 Å². The van der Waals surface area contributed by atoms with Crippen LogP contribution in [0, 0.1) is 0 Å². The van der Waals surface area contributed by atoms with E-state index in [1.807, 2.05) is 24.3 Å². The van der Waals surface area contributed by atoms with Gasteiger partial charge < -0.3 is 28.4 Å². The van der Waals surface area contributed by atoms with Crippen LogP contribution >= 0.6 is 0 Å². The minimum atomic E-state index is 0.613. The van der Waals surface area contributed by atoms with E-state index in [4.69, 9.17) is 28.4 Å². The first-order valence-electron chi connectivity index (χ1n) is 11.2. The molecule has 0 fully saturated rings. The summed E-state index contributed by atoms with van der Waals surface area (Å²) >= 11 is 0. The van der Waals surface area contributed by atoms with Crippen molar-refractivity contribution in [2.24, 2.45) is 0 Å². The number of hydrogen-bond donors (Lipinski definition) is 0. The van der Waals surface area contributed by atoms with Crippen molar-refractivity contribution in [2.45, 2.75) is 25.7 Å². The molecular formula is C28H34O6. The van der Waals surface area contributed by atoms with Gasteiger partial charge in [0, 0.05) is 0 Å². The van der Waals surface area contributed by atoms with Crippen LogP contribution in [0.3, 0.4) is 0 Å². The maximum absolute atomic E-state index is 5.48. The second kappa shape index (κ2) is 12.1. The van der Waals surface area contributed by atoms with E-state index < -0.39 is 0 Å². The molecular weight excluding hydrogens is 432 g/mol. The van der Waals surface area contributed by atoms with Crippen LogP contribution in [0.5, 0.6) is 34.5 Å². The molecule has 0 aromatic heterocycles. The van der Waals surface area contributed by atoms with Crippen LogP contribution in [0.2, 0.25) is 0 Å². The van der Waals surface area contributed by atoms with E-state index in [1.165, 1.54) is 11.1 Å². The standard InChI is InChI=1S/C28H34O6/c1-29-23-15-21(16-24(30-2)27(23)33-5)12-10-19-8-7-9-20(14-19)11-13-22-17-25(31-3)28(34-6)26(18-22)32-4/h7-9,14-18H,10-13H2,1-6H3. The van der Waals surface area contributed by atoms with Crippen LogP contribution in [0.1, 0.15) is 22.3 Å². The van der Waals surface area contributed by atoms with E-state index in [2.05, 4.69) is 24.3 Å². The third-order valence-electron chi connectivity index (χ3n) is 5.85. The molecule has 6 heteroatoms. The van der Waals surface area contributed by atoms with Gasteiger partial charge in [0.2, 0.25) is 11.5 Å². The lowest BCUT2D eigenvalue weighted by Crippen LogP contribution is -2.00. The monoisotopic (exact) mass is 466 g/mol. The highest BCUT2D eigenvalue weighted by atomic mass is 16.5. The van der Waals surface area contributed by atoms with Crippen molar-refractivity contribution < 1.29 is 28.4 Å². The van der Waals surface area contributed by atoms with Gasteiger partial charge in [-0.25, -0.2) is 0 Å². The Balaban J connectivity index is 1.69. The van der Waals surface area contributed by atoms with Crippen LogP contribution in [-0.2, 0) is 25.7 Å². The molecule has 0 unspecified atom stereocenters. The molecule has 6 nitrogen and oxygen atoms in total. The SMILES string of the molecule is COc1cc(CCc2cccc(CCc3cc(OC)c(OC)c(OC)c3)c2)cc(OC)c1OC. The van der Waals surface area contributed by atoms with Gasteiger partial charge in [-0.3, -0.25) is 0 Å². The molecule has 182 valence electrons. The second-order valence-corrected chi connectivity index (χ2v) is 7.89. The number of aryl methyl sites for hydroxylation is 4. The lowest BCUT2D eigenvalue weighted by molar-refractivity contribution is 0.324. The summed E-state index contributed by atoms with van der Waals surface area (Å²) in [5.74, 6) is 3.93. The molecule has 3 rings (SSSR count). The summed E-state index contributed by atoms with van der Waals surface area (Å²) in [5, 5.41) is 0. The van der Waals surface area contributed by atoms with E-state index >= 15 is 0 Å². The number of hydrogen-bond acceptors (Lipinski definition) is 6. The van der Waals surface area contributed by atoms with Gasteiger partial charge in [-0.05, 0) is 72.2 Å². The fourth-order valence-electron chi connectivity index (χ4n) is 4.08. The highest BCUT2D eigenvalue weighted by Crippen LogP contribution is 2.39. The van der Waals surface area contributed by atoms with Crippen LogP contribution in [0.4, 0.5) is 0 Å². The van der Waals surface area contributed by atoms with Crippen molar-refractivity contribution in [1.29, 1.82) is 0 Å². The fourth-order valence-corrected chi connectivity index (χ4v) is 4.08. The van der Waals surface area contributed by atoms with E-state index in [9.17, 15) is 0 Å². The van der Waals surface area contributed by atoms with Crippen LogP contribution in [0.15, 0.2) is 48.5 Å². The Labute approximate surface area is 202 Å². The second-order valence-electron chi connectivity index (χ2n) is 7.89. The molecule has 0 saturated heterocycles. The lowest BCUT2D eigenvalue weighted by atomic mass is 9.98. The zero-order valence-electron chi connectivity index (χ0n) is 20.9. The van der Waals surface area contributed by atoms with Crippen LogP contribution < -0.4 is 28.4 Å². The Morgan fingerprint density at radius 2 is 0.735 bits per heavy atom. The minimum Gasteiger partial charge on any atom is -0.493 e. The zero-order valence-corrected chi connectivity index (χ0v) is 20.9. The number of ether oxygens (including phenoxy) is 6. The number of rotatable bonds is 12. The minimum absolute atomic E-state index is 0.613. The highest BCUT2D eigenvalue weighted by Gasteiger charge is 2.14. The first-order chi connectivity index (χ1) is 16.6. The molecule has 0 N–H and O–H groups in total. The molecule has 0 aliphatic carbocycles. The molecule has 3 aromatic rings. The predicted octanol–water partition coefficient (Wildman–Crippen LogP) is 5.31. The first kappa shape index (κ1) is 25.1. The lowest BCUT2D eigenvalue weighted by Gasteiger charge is -2.15. The van der Waals surface area contributed by atoms with Crippen molar-refractivity contribution in [3.8, 4) is 34.5 Å². The molecule has 0 heterocycles. The summed E-state index contributed by atoms with van der Waals surface area (Å²) < 4.78 is 32.8. The average molecular weight is 467 g/mol. The molecule has 0 aliphatic heterocycles. The Kier molecular flexibility index (Phi) is 8.91. The predicted molar refractivity (Wildman–Crippen MR) is 133 cm³/mol. The fraction of sp³-hybridized carbons (Fsp3) is 0.357. The Morgan fingerprint density at radius 1 is 0.412 bits per heavy atom. The van der Waals surface area contributed by atoms with Gasteiger partial charge in [-0.15, -0.1) is 0 Å².